The van der Waals surface area contributed by atoms with E-state index in [4.69, 9.17) is 0 Å². The smallest absolute Gasteiger partial charge is 0.0494 e. The van der Waals surface area contributed by atoms with Crippen LogP contribution in [0.3, 0.4) is 0 Å². The normalized spacial score (nSPS) is 11.2. The number of benzene rings is 5. The van der Waals surface area contributed by atoms with Gasteiger partial charge in [0.15, 0.2) is 0 Å². The number of para-hydroxylation sites is 4. The third kappa shape index (κ3) is 3.56. The number of nitrogens with one attached hydrogen (secondary N) is 1. The molecule has 0 aliphatic carbocycles. The Hall–Kier alpha value is -4.30. The summed E-state index contributed by atoms with van der Waals surface area (Å²) >= 11 is 0. The van der Waals surface area contributed by atoms with Crippen molar-refractivity contribution in [3.05, 3.63) is 133 Å². The second-order valence-corrected chi connectivity index (χ2v) is 8.32. The highest BCUT2D eigenvalue weighted by Gasteiger charge is 2.09. The molecule has 33 heavy (non-hydrogen) atoms. The van der Waals surface area contributed by atoms with E-state index in [0.717, 1.165) is 6.54 Å². The second kappa shape index (κ2) is 8.33. The first-order valence-electron chi connectivity index (χ1n) is 11.3. The largest absolute Gasteiger partial charge is 0.355 e. The van der Waals surface area contributed by atoms with Crippen molar-refractivity contribution in [1.29, 1.82) is 0 Å². The molecule has 5 aromatic carbocycles. The van der Waals surface area contributed by atoms with Crippen LogP contribution in [0.15, 0.2) is 127 Å². The molecule has 0 radical (unpaired) electrons. The zero-order valence-corrected chi connectivity index (χ0v) is 18.3. The van der Waals surface area contributed by atoms with E-state index < -0.39 is 0 Å². The summed E-state index contributed by atoms with van der Waals surface area (Å²) < 4.78 is 2.40. The van der Waals surface area contributed by atoms with Gasteiger partial charge in [-0.05, 0) is 29.8 Å². The Morgan fingerprint density at radius 1 is 0.424 bits per heavy atom. The summed E-state index contributed by atoms with van der Waals surface area (Å²) in [4.78, 5) is 3.38. The maximum atomic E-state index is 3.38. The van der Waals surface area contributed by atoms with Gasteiger partial charge >= 0.3 is 0 Å². The lowest BCUT2D eigenvalue weighted by atomic mass is 10.2. The molecular weight excluding hydrogens is 400 g/mol. The van der Waals surface area contributed by atoms with Crippen molar-refractivity contribution < 1.29 is 0 Å². The lowest BCUT2D eigenvalue weighted by Crippen LogP contribution is -1.98. The topological polar surface area (TPSA) is 20.7 Å². The molecule has 0 aliphatic rings. The number of rotatable bonds is 2. The first-order chi connectivity index (χ1) is 16.4. The zero-order chi connectivity index (χ0) is 22.0. The summed E-state index contributed by atoms with van der Waals surface area (Å²) in [5, 5.41) is 5.27. The van der Waals surface area contributed by atoms with Crippen LogP contribution < -0.4 is 0 Å². The van der Waals surface area contributed by atoms with Crippen LogP contribution in [-0.4, -0.2) is 9.55 Å². The molecule has 0 unspecified atom stereocenters. The van der Waals surface area contributed by atoms with E-state index in [2.05, 4.69) is 137 Å². The summed E-state index contributed by atoms with van der Waals surface area (Å²) in [6, 6.07) is 44.7. The standard InChI is InChI=1S/C19H15N.C12H9N/c1-2-8-15(9-3-1)14-20-18-12-6-4-10-16(18)17-11-5-7-13-19(17)20;1-3-7-11-9(5-1)10-6-2-4-8-12(10)13-11/h1-13H,14H2;1-8,13H. The molecule has 0 spiro atoms. The van der Waals surface area contributed by atoms with Crippen LogP contribution in [-0.2, 0) is 6.54 Å². The molecule has 0 saturated carbocycles. The van der Waals surface area contributed by atoms with Crippen LogP contribution in [0.2, 0.25) is 0 Å². The van der Waals surface area contributed by atoms with E-state index in [9.17, 15) is 0 Å². The van der Waals surface area contributed by atoms with E-state index in [-0.39, 0.29) is 0 Å². The van der Waals surface area contributed by atoms with Crippen molar-refractivity contribution in [3.63, 3.8) is 0 Å². The molecule has 0 fully saturated rings. The third-order valence-electron chi connectivity index (χ3n) is 6.28. The van der Waals surface area contributed by atoms with Crippen LogP contribution in [0, 0.1) is 0 Å². The lowest BCUT2D eigenvalue weighted by molar-refractivity contribution is 0.869. The van der Waals surface area contributed by atoms with Crippen molar-refractivity contribution in [2.75, 3.05) is 0 Å². The zero-order valence-electron chi connectivity index (χ0n) is 18.3. The summed E-state index contributed by atoms with van der Waals surface area (Å²) in [6.07, 6.45) is 0. The molecular formula is C31H24N2. The molecule has 7 rings (SSSR count). The minimum Gasteiger partial charge on any atom is -0.355 e. The van der Waals surface area contributed by atoms with Gasteiger partial charge in [-0.15, -0.1) is 0 Å². The van der Waals surface area contributed by atoms with Gasteiger partial charge in [-0.2, -0.15) is 0 Å². The highest BCUT2D eigenvalue weighted by molar-refractivity contribution is 6.08. The quantitative estimate of drug-likeness (QED) is 0.289. The van der Waals surface area contributed by atoms with Gasteiger partial charge in [0.25, 0.3) is 0 Å². The summed E-state index contributed by atoms with van der Waals surface area (Å²) in [5.41, 5.74) is 6.36. The van der Waals surface area contributed by atoms with Crippen molar-refractivity contribution in [1.82, 2.24) is 9.55 Å². The van der Waals surface area contributed by atoms with Gasteiger partial charge in [-0.3, -0.25) is 0 Å². The minimum absolute atomic E-state index is 0.912. The van der Waals surface area contributed by atoms with E-state index in [1.54, 1.807) is 0 Å². The first kappa shape index (κ1) is 19.4. The average molecular weight is 425 g/mol. The highest BCUT2D eigenvalue weighted by atomic mass is 15.0. The molecule has 0 atom stereocenters. The van der Waals surface area contributed by atoms with Gasteiger partial charge in [0.2, 0.25) is 0 Å². The summed E-state index contributed by atoms with van der Waals surface area (Å²) in [7, 11) is 0. The Morgan fingerprint density at radius 2 is 0.848 bits per heavy atom. The van der Waals surface area contributed by atoms with Crippen molar-refractivity contribution in [2.24, 2.45) is 0 Å². The maximum absolute atomic E-state index is 3.38. The number of aromatic amines is 1. The number of H-pyrrole nitrogens is 1. The Labute approximate surface area is 192 Å². The molecule has 158 valence electrons. The fourth-order valence-electron chi connectivity index (χ4n) is 4.74. The summed E-state index contributed by atoms with van der Waals surface area (Å²) in [6.45, 7) is 0.912. The van der Waals surface area contributed by atoms with Crippen LogP contribution >= 0.6 is 0 Å². The lowest BCUT2D eigenvalue weighted by Gasteiger charge is -2.07. The van der Waals surface area contributed by atoms with Gasteiger partial charge in [0, 0.05) is 50.2 Å². The number of nitrogens with zero attached hydrogens (tertiary/aromatic N) is 1. The molecule has 0 amide bonds. The number of aromatic nitrogens is 2. The number of hydrogen-bond acceptors (Lipinski definition) is 0. The second-order valence-electron chi connectivity index (χ2n) is 8.32. The molecule has 7 aromatic rings. The Bertz CT molecular complexity index is 1580. The predicted molar refractivity (Wildman–Crippen MR) is 141 cm³/mol. The fraction of sp³-hybridized carbons (Fsp3) is 0.0323. The van der Waals surface area contributed by atoms with Gasteiger partial charge in [-0.1, -0.05) is 103 Å². The molecule has 2 nitrogen and oxygen atoms in total. The SMILES string of the molecule is c1ccc(Cn2c3ccccc3c3ccccc32)cc1.c1ccc2c(c1)[nH]c1ccccc12. The average Bonchev–Trinajstić information content (AvgIpc) is 3.42. The summed E-state index contributed by atoms with van der Waals surface area (Å²) in [5.74, 6) is 0. The van der Waals surface area contributed by atoms with Gasteiger partial charge < -0.3 is 9.55 Å². The Kier molecular flexibility index (Phi) is 4.89. The van der Waals surface area contributed by atoms with Crippen molar-refractivity contribution in [3.8, 4) is 0 Å². The third-order valence-corrected chi connectivity index (χ3v) is 6.28. The monoisotopic (exact) mass is 424 g/mol. The molecule has 2 heteroatoms. The Morgan fingerprint density at radius 3 is 1.39 bits per heavy atom. The van der Waals surface area contributed by atoms with Crippen molar-refractivity contribution in [2.45, 2.75) is 6.54 Å². The number of hydrogen-bond donors (Lipinski definition) is 1. The molecule has 2 heterocycles. The number of fused-ring (bicyclic) bond motifs is 6. The highest BCUT2D eigenvalue weighted by Crippen LogP contribution is 2.29. The van der Waals surface area contributed by atoms with Crippen LogP contribution in [0.25, 0.3) is 43.6 Å². The molecule has 0 bridgehead atoms. The van der Waals surface area contributed by atoms with E-state index in [1.165, 1.54) is 49.2 Å². The Balaban J connectivity index is 0.000000137. The molecule has 1 N–H and O–H groups in total. The van der Waals surface area contributed by atoms with Gasteiger partial charge in [-0.25, -0.2) is 0 Å². The molecule has 2 aromatic heterocycles. The predicted octanol–water partition coefficient (Wildman–Crippen LogP) is 8.16. The van der Waals surface area contributed by atoms with E-state index in [1.807, 2.05) is 0 Å². The van der Waals surface area contributed by atoms with Gasteiger partial charge in [0.05, 0.1) is 0 Å². The molecule has 0 aliphatic heterocycles. The van der Waals surface area contributed by atoms with Crippen LogP contribution in [0.5, 0.6) is 0 Å². The van der Waals surface area contributed by atoms with Crippen LogP contribution in [0.1, 0.15) is 5.56 Å². The van der Waals surface area contributed by atoms with Crippen molar-refractivity contribution >= 4 is 43.6 Å². The van der Waals surface area contributed by atoms with Gasteiger partial charge in [0.1, 0.15) is 0 Å². The van der Waals surface area contributed by atoms with E-state index in [0.29, 0.717) is 0 Å². The minimum atomic E-state index is 0.912. The van der Waals surface area contributed by atoms with Crippen LogP contribution in [0.4, 0.5) is 0 Å². The maximum Gasteiger partial charge on any atom is 0.0494 e. The first-order valence-corrected chi connectivity index (χ1v) is 11.3. The van der Waals surface area contributed by atoms with E-state index >= 15 is 0 Å². The fourth-order valence-corrected chi connectivity index (χ4v) is 4.74. The molecule has 0 saturated heterocycles.